The first-order chi connectivity index (χ1) is 16.6. The lowest BCUT2D eigenvalue weighted by atomic mass is 9.73. The van der Waals surface area contributed by atoms with Crippen molar-refractivity contribution in [1.29, 1.82) is 0 Å². The number of aliphatic hydroxyl groups is 1. The number of alkyl carbamates (subject to hydrolysis) is 1. The van der Waals surface area contributed by atoms with E-state index in [1.54, 1.807) is 32.9 Å². The van der Waals surface area contributed by atoms with E-state index in [9.17, 15) is 24.6 Å². The summed E-state index contributed by atoms with van der Waals surface area (Å²) in [6.07, 6.45) is -0.713. The number of hydrogen-bond acceptors (Lipinski definition) is 5. The molecule has 9 nitrogen and oxygen atoms in total. The fourth-order valence-corrected chi connectivity index (χ4v) is 4.62. The van der Waals surface area contributed by atoms with Crippen molar-refractivity contribution < 1.29 is 29.3 Å². The second kappa shape index (κ2) is 11.7. The number of amides is 3. The number of rotatable bonds is 7. The number of nitrogens with zero attached hydrogens (tertiary/aromatic N) is 1. The molecule has 202 valence electrons. The van der Waals surface area contributed by atoms with Crippen molar-refractivity contribution in [3.63, 3.8) is 0 Å². The molecule has 3 atom stereocenters. The predicted molar refractivity (Wildman–Crippen MR) is 138 cm³/mol. The van der Waals surface area contributed by atoms with Crippen molar-refractivity contribution >= 4 is 29.7 Å². The molecule has 0 aromatic heterocycles. The maximum atomic E-state index is 13.9. The number of carbonyl (C=O) groups is 3. The standard InChI is InChI=1S/C26H40ClN3O6/c1-24(2,3)20-16-26(13-14-30(20)23(34)35,29-22(33)36-25(4,5)6)21(32)28-19(8-7-15-31)17-9-11-18(27)12-10-17/h9-12,19-20,31H,7-8,13-16H2,1-6H3,(H,28,32)(H,29,33)(H,34,35). The maximum Gasteiger partial charge on any atom is 0.408 e. The van der Waals surface area contributed by atoms with Crippen LogP contribution in [0.25, 0.3) is 0 Å². The molecule has 36 heavy (non-hydrogen) atoms. The predicted octanol–water partition coefficient (Wildman–Crippen LogP) is 4.72. The molecule has 0 spiro atoms. The van der Waals surface area contributed by atoms with Gasteiger partial charge in [0.2, 0.25) is 5.91 Å². The van der Waals surface area contributed by atoms with E-state index < -0.39 is 46.7 Å². The molecule has 3 unspecified atom stereocenters. The van der Waals surface area contributed by atoms with E-state index in [0.717, 1.165) is 5.56 Å². The minimum absolute atomic E-state index is 0.0407. The molecule has 1 heterocycles. The van der Waals surface area contributed by atoms with Gasteiger partial charge in [-0.25, -0.2) is 9.59 Å². The van der Waals surface area contributed by atoms with Crippen LogP contribution in [0.2, 0.25) is 5.02 Å². The summed E-state index contributed by atoms with van der Waals surface area (Å²) in [4.78, 5) is 40.2. The largest absolute Gasteiger partial charge is 0.465 e. The molecular formula is C26H40ClN3O6. The van der Waals surface area contributed by atoms with E-state index in [4.69, 9.17) is 16.3 Å². The van der Waals surface area contributed by atoms with E-state index in [1.165, 1.54) is 4.90 Å². The van der Waals surface area contributed by atoms with Gasteiger partial charge in [-0.3, -0.25) is 4.79 Å². The van der Waals surface area contributed by atoms with Crippen molar-refractivity contribution in [2.45, 2.75) is 90.4 Å². The summed E-state index contributed by atoms with van der Waals surface area (Å²) in [5.74, 6) is -0.425. The maximum absolute atomic E-state index is 13.9. The van der Waals surface area contributed by atoms with Crippen molar-refractivity contribution in [2.75, 3.05) is 13.2 Å². The molecule has 0 bridgehead atoms. The van der Waals surface area contributed by atoms with E-state index in [1.807, 2.05) is 32.9 Å². The van der Waals surface area contributed by atoms with Crippen molar-refractivity contribution in [3.8, 4) is 0 Å². The second-order valence-electron chi connectivity index (χ2n) is 11.5. The van der Waals surface area contributed by atoms with Gasteiger partial charge < -0.3 is 30.5 Å². The number of benzene rings is 1. The molecule has 0 saturated carbocycles. The molecule has 0 aliphatic carbocycles. The lowest BCUT2D eigenvalue weighted by Crippen LogP contribution is -2.68. The van der Waals surface area contributed by atoms with Gasteiger partial charge >= 0.3 is 12.2 Å². The third-order valence-corrected chi connectivity index (χ3v) is 6.60. The highest BCUT2D eigenvalue weighted by Crippen LogP contribution is 2.38. The van der Waals surface area contributed by atoms with Gasteiger partial charge in [0.25, 0.3) is 0 Å². The van der Waals surface area contributed by atoms with Crippen LogP contribution in [0.4, 0.5) is 9.59 Å². The first-order valence-electron chi connectivity index (χ1n) is 12.3. The van der Waals surface area contributed by atoms with Crippen LogP contribution in [-0.4, -0.2) is 63.5 Å². The van der Waals surface area contributed by atoms with Gasteiger partial charge in [-0.05, 0) is 63.1 Å². The van der Waals surface area contributed by atoms with Crippen molar-refractivity contribution in [1.82, 2.24) is 15.5 Å². The van der Waals surface area contributed by atoms with Gasteiger partial charge in [0.15, 0.2) is 0 Å². The average Bonchev–Trinajstić information content (AvgIpc) is 2.74. The lowest BCUT2D eigenvalue weighted by molar-refractivity contribution is -0.132. The van der Waals surface area contributed by atoms with Crippen LogP contribution in [0, 0.1) is 5.41 Å². The number of halogens is 1. The Morgan fingerprint density at radius 3 is 2.28 bits per heavy atom. The fourth-order valence-electron chi connectivity index (χ4n) is 4.50. The summed E-state index contributed by atoms with van der Waals surface area (Å²) in [5, 5.41) is 25.6. The second-order valence-corrected chi connectivity index (χ2v) is 11.9. The van der Waals surface area contributed by atoms with E-state index in [0.29, 0.717) is 17.9 Å². The highest BCUT2D eigenvalue weighted by Gasteiger charge is 2.51. The molecule has 4 N–H and O–H groups in total. The lowest BCUT2D eigenvalue weighted by Gasteiger charge is -2.49. The number of carboxylic acid groups (broad SMARTS) is 1. The molecule has 2 rings (SSSR count). The third-order valence-electron chi connectivity index (χ3n) is 6.35. The summed E-state index contributed by atoms with van der Waals surface area (Å²) in [7, 11) is 0. The van der Waals surface area contributed by atoms with Crippen LogP contribution in [0.3, 0.4) is 0 Å². The molecule has 1 fully saturated rings. The first kappa shape index (κ1) is 29.7. The average molecular weight is 526 g/mol. The van der Waals surface area contributed by atoms with Crippen LogP contribution in [-0.2, 0) is 9.53 Å². The Morgan fingerprint density at radius 2 is 1.78 bits per heavy atom. The number of carbonyl (C=O) groups excluding carboxylic acids is 2. The van der Waals surface area contributed by atoms with Crippen LogP contribution in [0.1, 0.15) is 78.8 Å². The molecule has 3 amide bonds. The third kappa shape index (κ3) is 8.00. The quantitative estimate of drug-likeness (QED) is 0.407. The zero-order valence-corrected chi connectivity index (χ0v) is 22.8. The molecule has 10 heteroatoms. The van der Waals surface area contributed by atoms with Crippen molar-refractivity contribution in [3.05, 3.63) is 34.9 Å². The Bertz CT molecular complexity index is 925. The highest BCUT2D eigenvalue weighted by atomic mass is 35.5. The van der Waals surface area contributed by atoms with Crippen molar-refractivity contribution in [2.24, 2.45) is 5.41 Å². The Balaban J connectivity index is 2.44. The number of nitrogens with one attached hydrogen (secondary N) is 2. The minimum Gasteiger partial charge on any atom is -0.465 e. The molecule has 1 saturated heterocycles. The SMILES string of the molecule is CC(C)(C)OC(=O)NC1(C(=O)NC(CCCO)c2ccc(Cl)cc2)CCN(C(=O)O)C(C(C)(C)C)C1. The van der Waals surface area contributed by atoms with E-state index in [-0.39, 0.29) is 26.0 Å². The fraction of sp³-hybridized carbons (Fsp3) is 0.654. The molecule has 1 aromatic carbocycles. The van der Waals surface area contributed by atoms with E-state index >= 15 is 0 Å². The first-order valence-corrected chi connectivity index (χ1v) is 12.6. The van der Waals surface area contributed by atoms with Crippen LogP contribution in [0.15, 0.2) is 24.3 Å². The molecule has 1 aliphatic heterocycles. The van der Waals surface area contributed by atoms with Gasteiger partial charge in [0.05, 0.1) is 6.04 Å². The van der Waals surface area contributed by atoms with Gasteiger partial charge in [-0.15, -0.1) is 0 Å². The minimum atomic E-state index is -1.39. The number of aliphatic hydroxyl groups excluding tert-OH is 1. The molecular weight excluding hydrogens is 486 g/mol. The smallest absolute Gasteiger partial charge is 0.408 e. The normalized spacial score (nSPS) is 21.4. The topological polar surface area (TPSA) is 128 Å². The Morgan fingerprint density at radius 1 is 1.17 bits per heavy atom. The van der Waals surface area contributed by atoms with Gasteiger partial charge in [-0.2, -0.15) is 0 Å². The molecule has 1 aromatic rings. The summed E-state index contributed by atoms with van der Waals surface area (Å²) >= 11 is 6.04. The summed E-state index contributed by atoms with van der Waals surface area (Å²) < 4.78 is 5.47. The summed E-state index contributed by atoms with van der Waals surface area (Å²) in [6.45, 7) is 11.0. The van der Waals surface area contributed by atoms with Gasteiger partial charge in [0.1, 0.15) is 11.1 Å². The summed E-state index contributed by atoms with van der Waals surface area (Å²) in [6, 6.07) is 6.10. The number of piperidine rings is 1. The zero-order valence-electron chi connectivity index (χ0n) is 22.1. The van der Waals surface area contributed by atoms with E-state index in [2.05, 4.69) is 10.6 Å². The van der Waals surface area contributed by atoms with Crippen LogP contribution < -0.4 is 10.6 Å². The number of likely N-dealkylation sites (tertiary alicyclic amines) is 1. The monoisotopic (exact) mass is 525 g/mol. The number of ether oxygens (including phenoxy) is 1. The van der Waals surface area contributed by atoms with Crippen LogP contribution in [0.5, 0.6) is 0 Å². The van der Waals surface area contributed by atoms with Gasteiger partial charge in [0, 0.05) is 30.6 Å². The zero-order chi connectivity index (χ0) is 27.3. The van der Waals surface area contributed by atoms with Crippen LogP contribution >= 0.6 is 11.6 Å². The number of hydrogen-bond donors (Lipinski definition) is 4. The molecule has 0 radical (unpaired) electrons. The Hall–Kier alpha value is -2.52. The summed E-state index contributed by atoms with van der Waals surface area (Å²) in [5.41, 5.74) is -1.86. The van der Waals surface area contributed by atoms with Gasteiger partial charge in [-0.1, -0.05) is 44.5 Å². The highest BCUT2D eigenvalue weighted by molar-refractivity contribution is 6.30. The Kier molecular flexibility index (Phi) is 9.64. The Labute approximate surface area is 218 Å². The molecule has 1 aliphatic rings.